The third-order valence-electron chi connectivity index (χ3n) is 3.68. The van der Waals surface area contributed by atoms with Gasteiger partial charge in [-0.05, 0) is 24.1 Å². The number of carbonyl (C=O) groups is 1. The number of nitrogens with zero attached hydrogens (tertiary/aromatic N) is 1. The van der Waals surface area contributed by atoms with E-state index in [0.717, 1.165) is 24.2 Å². The molecule has 3 N–H and O–H groups in total. The fraction of sp³-hybridized carbons (Fsp3) is 0.158. The second kappa shape index (κ2) is 8.01. The molecule has 0 spiro atoms. The highest BCUT2D eigenvalue weighted by molar-refractivity contribution is 5.65. The lowest BCUT2D eigenvalue weighted by atomic mass is 10.1. The van der Waals surface area contributed by atoms with Crippen LogP contribution in [0, 0.1) is 0 Å². The standard InChI is InChI=1S/C19H19N3O3/c20-19(23)24-13-17-12-18(22-25-17)15-6-8-16(9-7-15)21-11-10-14-4-2-1-3-5-14/h1-9,12,21H,10-11,13H2,(H2,20,23). The van der Waals surface area contributed by atoms with Crippen molar-refractivity contribution in [1.29, 1.82) is 0 Å². The quantitative estimate of drug-likeness (QED) is 0.687. The Morgan fingerprint density at radius 2 is 1.88 bits per heavy atom. The van der Waals surface area contributed by atoms with E-state index in [4.69, 9.17) is 10.3 Å². The Morgan fingerprint density at radius 3 is 2.60 bits per heavy atom. The molecule has 0 aliphatic heterocycles. The summed E-state index contributed by atoms with van der Waals surface area (Å²) in [6.45, 7) is 0.837. The highest BCUT2D eigenvalue weighted by Gasteiger charge is 2.08. The lowest BCUT2D eigenvalue weighted by Crippen LogP contribution is -2.12. The largest absolute Gasteiger partial charge is 0.441 e. The maximum absolute atomic E-state index is 10.6. The molecule has 3 rings (SSSR count). The minimum Gasteiger partial charge on any atom is -0.441 e. The summed E-state index contributed by atoms with van der Waals surface area (Å²) >= 11 is 0. The average Bonchev–Trinajstić information content (AvgIpc) is 3.10. The summed E-state index contributed by atoms with van der Waals surface area (Å²) in [6.07, 6.45) is 0.124. The van der Waals surface area contributed by atoms with Crippen LogP contribution in [0.1, 0.15) is 11.3 Å². The van der Waals surface area contributed by atoms with Crippen LogP contribution in [0.3, 0.4) is 0 Å². The van der Waals surface area contributed by atoms with Crippen LogP contribution in [-0.2, 0) is 17.8 Å². The van der Waals surface area contributed by atoms with Gasteiger partial charge in [-0.1, -0.05) is 47.6 Å². The number of amides is 1. The number of rotatable bonds is 7. The predicted molar refractivity (Wildman–Crippen MR) is 94.9 cm³/mol. The van der Waals surface area contributed by atoms with Crippen molar-refractivity contribution in [3.05, 3.63) is 72.0 Å². The molecule has 1 aromatic heterocycles. The van der Waals surface area contributed by atoms with Gasteiger partial charge in [0.05, 0.1) is 0 Å². The van der Waals surface area contributed by atoms with Gasteiger partial charge in [0.25, 0.3) is 0 Å². The highest BCUT2D eigenvalue weighted by Crippen LogP contribution is 2.21. The number of primary amides is 1. The van der Waals surface area contributed by atoms with Gasteiger partial charge in [0.2, 0.25) is 0 Å². The van der Waals surface area contributed by atoms with E-state index >= 15 is 0 Å². The molecule has 0 atom stereocenters. The summed E-state index contributed by atoms with van der Waals surface area (Å²) in [7, 11) is 0. The molecule has 1 heterocycles. The summed E-state index contributed by atoms with van der Waals surface area (Å²) in [5, 5.41) is 7.36. The smallest absolute Gasteiger partial charge is 0.404 e. The molecule has 0 fully saturated rings. The van der Waals surface area contributed by atoms with Crippen LogP contribution in [0.2, 0.25) is 0 Å². The Bertz CT molecular complexity index is 813. The van der Waals surface area contributed by atoms with Gasteiger partial charge in [-0.15, -0.1) is 0 Å². The van der Waals surface area contributed by atoms with Crippen LogP contribution in [0.5, 0.6) is 0 Å². The van der Waals surface area contributed by atoms with Crippen LogP contribution in [0.4, 0.5) is 10.5 Å². The van der Waals surface area contributed by atoms with Gasteiger partial charge in [0.1, 0.15) is 5.69 Å². The van der Waals surface area contributed by atoms with Gasteiger partial charge in [-0.25, -0.2) is 4.79 Å². The maximum atomic E-state index is 10.6. The molecule has 0 aliphatic rings. The average molecular weight is 337 g/mol. The van der Waals surface area contributed by atoms with E-state index in [1.165, 1.54) is 5.56 Å². The molecule has 3 aromatic rings. The summed E-state index contributed by atoms with van der Waals surface area (Å²) in [5.41, 5.74) is 8.87. The third kappa shape index (κ3) is 4.84. The van der Waals surface area contributed by atoms with Gasteiger partial charge in [0.15, 0.2) is 12.4 Å². The fourth-order valence-corrected chi connectivity index (χ4v) is 2.41. The first-order chi connectivity index (χ1) is 12.2. The van der Waals surface area contributed by atoms with Crippen molar-refractivity contribution < 1.29 is 14.1 Å². The molecule has 0 bridgehead atoms. The lowest BCUT2D eigenvalue weighted by Gasteiger charge is -2.07. The van der Waals surface area contributed by atoms with Crippen LogP contribution in [-0.4, -0.2) is 17.8 Å². The topological polar surface area (TPSA) is 90.4 Å². The second-order valence-corrected chi connectivity index (χ2v) is 5.53. The zero-order chi connectivity index (χ0) is 17.5. The summed E-state index contributed by atoms with van der Waals surface area (Å²) < 4.78 is 9.79. The van der Waals surface area contributed by atoms with E-state index in [-0.39, 0.29) is 6.61 Å². The Balaban J connectivity index is 1.54. The summed E-state index contributed by atoms with van der Waals surface area (Å²) in [6, 6.07) is 20.0. The number of nitrogens with one attached hydrogen (secondary N) is 1. The van der Waals surface area contributed by atoms with E-state index < -0.39 is 6.09 Å². The normalized spacial score (nSPS) is 10.4. The molecule has 2 aromatic carbocycles. The minimum absolute atomic E-state index is 0.0263. The predicted octanol–water partition coefficient (Wildman–Crippen LogP) is 3.59. The molecule has 0 saturated heterocycles. The Morgan fingerprint density at radius 1 is 1.12 bits per heavy atom. The first kappa shape index (κ1) is 16.6. The van der Waals surface area contributed by atoms with Gasteiger partial charge in [-0.3, -0.25) is 0 Å². The molecule has 25 heavy (non-hydrogen) atoms. The van der Waals surface area contributed by atoms with Gasteiger partial charge in [-0.2, -0.15) is 0 Å². The van der Waals surface area contributed by atoms with Crippen molar-refractivity contribution in [2.45, 2.75) is 13.0 Å². The highest BCUT2D eigenvalue weighted by atomic mass is 16.6. The van der Waals surface area contributed by atoms with Crippen LogP contribution < -0.4 is 11.1 Å². The zero-order valence-corrected chi connectivity index (χ0v) is 13.6. The van der Waals surface area contributed by atoms with Gasteiger partial charge >= 0.3 is 6.09 Å². The molecule has 0 unspecified atom stereocenters. The van der Waals surface area contributed by atoms with E-state index in [9.17, 15) is 4.79 Å². The number of hydrogen-bond acceptors (Lipinski definition) is 5. The number of nitrogens with two attached hydrogens (primary N) is 1. The molecule has 0 aliphatic carbocycles. The number of carbonyl (C=O) groups excluding carboxylic acids is 1. The summed E-state index contributed by atoms with van der Waals surface area (Å²) in [4.78, 5) is 10.6. The molecular weight excluding hydrogens is 318 g/mol. The van der Waals surface area contributed by atoms with Gasteiger partial charge in [0, 0.05) is 23.9 Å². The first-order valence-electron chi connectivity index (χ1n) is 7.97. The van der Waals surface area contributed by atoms with Crippen molar-refractivity contribution in [2.75, 3.05) is 11.9 Å². The molecule has 1 amide bonds. The number of ether oxygens (including phenoxy) is 1. The van der Waals surface area contributed by atoms with E-state index in [2.05, 4.69) is 27.3 Å². The van der Waals surface area contributed by atoms with Crippen LogP contribution in [0.25, 0.3) is 11.3 Å². The van der Waals surface area contributed by atoms with E-state index in [0.29, 0.717) is 11.5 Å². The minimum atomic E-state index is -0.844. The molecule has 6 nitrogen and oxygen atoms in total. The molecular formula is C19H19N3O3. The van der Waals surface area contributed by atoms with Crippen molar-refractivity contribution >= 4 is 11.8 Å². The second-order valence-electron chi connectivity index (χ2n) is 5.53. The third-order valence-corrected chi connectivity index (χ3v) is 3.68. The number of hydrogen-bond donors (Lipinski definition) is 2. The van der Waals surface area contributed by atoms with E-state index in [1.54, 1.807) is 6.07 Å². The number of benzene rings is 2. The first-order valence-corrected chi connectivity index (χ1v) is 7.97. The zero-order valence-electron chi connectivity index (χ0n) is 13.6. The molecule has 128 valence electrons. The van der Waals surface area contributed by atoms with Crippen molar-refractivity contribution in [3.63, 3.8) is 0 Å². The van der Waals surface area contributed by atoms with Gasteiger partial charge < -0.3 is 20.3 Å². The summed E-state index contributed by atoms with van der Waals surface area (Å²) in [5.74, 6) is 0.443. The molecule has 0 radical (unpaired) electrons. The van der Waals surface area contributed by atoms with Crippen molar-refractivity contribution in [2.24, 2.45) is 5.73 Å². The maximum Gasteiger partial charge on any atom is 0.404 e. The Hall–Kier alpha value is -3.28. The Labute approximate surface area is 145 Å². The van der Waals surface area contributed by atoms with Crippen molar-refractivity contribution in [3.8, 4) is 11.3 Å². The SMILES string of the molecule is NC(=O)OCc1cc(-c2ccc(NCCc3ccccc3)cc2)no1. The molecule has 0 saturated carbocycles. The van der Waals surface area contributed by atoms with Crippen LogP contribution in [0.15, 0.2) is 65.2 Å². The number of aromatic nitrogens is 1. The monoisotopic (exact) mass is 337 g/mol. The van der Waals surface area contributed by atoms with E-state index in [1.807, 2.05) is 42.5 Å². The van der Waals surface area contributed by atoms with Crippen LogP contribution >= 0.6 is 0 Å². The van der Waals surface area contributed by atoms with Crippen molar-refractivity contribution in [1.82, 2.24) is 5.16 Å². The lowest BCUT2D eigenvalue weighted by molar-refractivity contribution is 0.137. The Kier molecular flexibility index (Phi) is 5.31. The molecule has 6 heteroatoms. The fourth-order valence-electron chi connectivity index (χ4n) is 2.41. The number of anilines is 1.